The molecular formula is C20H32Br2N2O. The van der Waals surface area contributed by atoms with E-state index in [1.54, 1.807) is 0 Å². The van der Waals surface area contributed by atoms with Gasteiger partial charge in [-0.2, -0.15) is 0 Å². The highest BCUT2D eigenvalue weighted by molar-refractivity contribution is 9.10. The summed E-state index contributed by atoms with van der Waals surface area (Å²) in [4.78, 5) is 2.00. The summed E-state index contributed by atoms with van der Waals surface area (Å²) in [5, 5.41) is 11.3. The lowest BCUT2D eigenvalue weighted by atomic mass is 10.2. The summed E-state index contributed by atoms with van der Waals surface area (Å²) in [5.41, 5.74) is 2.36. The molecule has 1 N–H and O–H groups in total. The molecule has 2 rings (SSSR count). The van der Waals surface area contributed by atoms with E-state index in [1.807, 2.05) is 37.8 Å². The van der Waals surface area contributed by atoms with Gasteiger partial charge in [-0.05, 0) is 64.5 Å². The topological polar surface area (TPSA) is 28.4 Å². The van der Waals surface area contributed by atoms with Gasteiger partial charge in [0, 0.05) is 27.6 Å². The van der Waals surface area contributed by atoms with Crippen LogP contribution in [0.15, 0.2) is 40.9 Å². The minimum absolute atomic E-state index is 0.349. The molecule has 3 nitrogen and oxygen atoms in total. The van der Waals surface area contributed by atoms with Crippen molar-refractivity contribution in [3.05, 3.63) is 46.6 Å². The number of benzene rings is 1. The fourth-order valence-electron chi connectivity index (χ4n) is 2.55. The molecular weight excluding hydrogens is 444 g/mol. The smallest absolute Gasteiger partial charge is 0.0845 e. The minimum Gasteiger partial charge on any atom is -0.390 e. The van der Waals surface area contributed by atoms with Gasteiger partial charge in [0.05, 0.1) is 12.6 Å². The van der Waals surface area contributed by atoms with E-state index in [1.165, 1.54) is 16.6 Å². The predicted molar refractivity (Wildman–Crippen MR) is 119 cm³/mol. The van der Waals surface area contributed by atoms with Crippen LogP contribution in [-0.2, 0) is 6.54 Å². The summed E-state index contributed by atoms with van der Waals surface area (Å²) >= 11 is 6.42. The van der Waals surface area contributed by atoms with Crippen LogP contribution in [0.4, 0.5) is 0 Å². The average Bonchev–Trinajstić information content (AvgIpc) is 2.85. The first-order valence-corrected chi connectivity index (χ1v) is 10.8. The van der Waals surface area contributed by atoms with Crippen molar-refractivity contribution in [1.29, 1.82) is 0 Å². The highest BCUT2D eigenvalue weighted by atomic mass is 79.9. The number of alkyl halides is 1. The number of aliphatic hydroxyl groups excluding tert-OH is 1. The molecule has 0 radical (unpaired) electrons. The molecule has 5 heteroatoms. The van der Waals surface area contributed by atoms with Crippen LogP contribution < -0.4 is 0 Å². The third kappa shape index (κ3) is 9.04. The molecule has 1 unspecified atom stereocenters. The Morgan fingerprint density at radius 2 is 1.88 bits per heavy atom. The number of hydrogen-bond donors (Lipinski definition) is 1. The number of likely N-dealkylation sites (N-methyl/N-ethyl adjacent to an activating group) is 1. The van der Waals surface area contributed by atoms with Crippen LogP contribution in [-0.4, -0.2) is 47.2 Å². The van der Waals surface area contributed by atoms with E-state index in [9.17, 15) is 5.11 Å². The number of fused-ring (bicyclic) bond motifs is 1. The van der Waals surface area contributed by atoms with E-state index >= 15 is 0 Å². The lowest BCUT2D eigenvalue weighted by Gasteiger charge is -2.18. The van der Waals surface area contributed by atoms with Crippen molar-refractivity contribution in [1.82, 2.24) is 9.47 Å². The van der Waals surface area contributed by atoms with E-state index in [-0.39, 0.29) is 6.10 Å². The highest BCUT2D eigenvalue weighted by Gasteiger charge is 2.11. The van der Waals surface area contributed by atoms with Gasteiger partial charge in [-0.15, -0.1) is 0 Å². The van der Waals surface area contributed by atoms with Crippen molar-refractivity contribution in [3.63, 3.8) is 0 Å². The van der Waals surface area contributed by atoms with Crippen LogP contribution in [0.5, 0.6) is 0 Å². The van der Waals surface area contributed by atoms with Crippen molar-refractivity contribution in [3.8, 4) is 0 Å². The van der Waals surface area contributed by atoms with Crippen molar-refractivity contribution in [2.75, 3.05) is 26.5 Å². The number of hydrogen-bond acceptors (Lipinski definition) is 2. The second kappa shape index (κ2) is 13.6. The summed E-state index contributed by atoms with van der Waals surface area (Å²) in [7, 11) is 3.95. The Morgan fingerprint density at radius 3 is 2.36 bits per heavy atom. The van der Waals surface area contributed by atoms with Gasteiger partial charge in [0.25, 0.3) is 0 Å². The number of allylic oxidation sites excluding steroid dienone is 2. The Balaban J connectivity index is 0.000000710. The number of rotatable bonds is 5. The fourth-order valence-corrected chi connectivity index (χ4v) is 2.93. The van der Waals surface area contributed by atoms with Gasteiger partial charge in [0.15, 0.2) is 0 Å². The van der Waals surface area contributed by atoms with Gasteiger partial charge in [0.1, 0.15) is 0 Å². The molecule has 0 aliphatic carbocycles. The standard InChI is InChI=1S/C14H19BrN2O.C5H10.CH3Br/c1-10-6-11-7-12(15)4-5-14(11)17(10)9-13(18)8-16(2)3;1-3-5-4-2;1-2/h4-7,13,18H,8-9H2,1-3H3;3,5H,4H2,1-2H3;1H3/b;5-3-;. The highest BCUT2D eigenvalue weighted by Crippen LogP contribution is 2.23. The lowest BCUT2D eigenvalue weighted by molar-refractivity contribution is 0.120. The van der Waals surface area contributed by atoms with Crippen LogP contribution >= 0.6 is 31.9 Å². The predicted octanol–water partition coefficient (Wildman–Crippen LogP) is 5.62. The molecule has 1 heterocycles. The second-order valence-electron chi connectivity index (χ2n) is 5.99. The summed E-state index contributed by atoms with van der Waals surface area (Å²) in [6.07, 6.45) is 4.99. The Hall–Kier alpha value is -0.620. The van der Waals surface area contributed by atoms with Crippen LogP contribution in [0, 0.1) is 6.92 Å². The zero-order valence-corrected chi connectivity index (χ0v) is 19.4. The second-order valence-corrected chi connectivity index (χ2v) is 6.91. The van der Waals surface area contributed by atoms with Gasteiger partial charge in [-0.1, -0.05) is 50.9 Å². The maximum absolute atomic E-state index is 10.1. The van der Waals surface area contributed by atoms with Crippen molar-refractivity contribution >= 4 is 42.8 Å². The van der Waals surface area contributed by atoms with E-state index in [0.29, 0.717) is 13.1 Å². The van der Waals surface area contributed by atoms with Crippen molar-refractivity contribution in [2.45, 2.75) is 39.8 Å². The van der Waals surface area contributed by atoms with E-state index in [2.05, 4.69) is 80.6 Å². The quantitative estimate of drug-likeness (QED) is 0.449. The first kappa shape index (κ1) is 24.4. The number of aryl methyl sites for hydroxylation is 1. The Kier molecular flexibility index (Phi) is 13.2. The van der Waals surface area contributed by atoms with Gasteiger partial charge in [0.2, 0.25) is 0 Å². The van der Waals surface area contributed by atoms with Crippen LogP contribution in [0.3, 0.4) is 0 Å². The number of aromatic nitrogens is 1. The maximum Gasteiger partial charge on any atom is 0.0845 e. The molecule has 0 aliphatic rings. The van der Waals surface area contributed by atoms with E-state index < -0.39 is 0 Å². The molecule has 1 aromatic carbocycles. The van der Waals surface area contributed by atoms with Crippen LogP contribution in [0.1, 0.15) is 26.0 Å². The molecule has 142 valence electrons. The molecule has 0 amide bonds. The Labute approximate surface area is 170 Å². The van der Waals surface area contributed by atoms with Gasteiger partial charge >= 0.3 is 0 Å². The van der Waals surface area contributed by atoms with Gasteiger partial charge in [-0.3, -0.25) is 0 Å². The molecule has 0 saturated carbocycles. The molecule has 0 fully saturated rings. The zero-order chi connectivity index (χ0) is 19.4. The maximum atomic E-state index is 10.1. The summed E-state index contributed by atoms with van der Waals surface area (Å²) < 4.78 is 3.26. The minimum atomic E-state index is -0.349. The van der Waals surface area contributed by atoms with Crippen molar-refractivity contribution < 1.29 is 5.11 Å². The summed E-state index contributed by atoms with van der Waals surface area (Å²) in [6, 6.07) is 8.39. The molecule has 0 spiro atoms. The molecule has 0 aliphatic heterocycles. The first-order chi connectivity index (χ1) is 11.9. The van der Waals surface area contributed by atoms with Crippen LogP contribution in [0.25, 0.3) is 10.9 Å². The fraction of sp³-hybridized carbons (Fsp3) is 0.500. The lowest BCUT2D eigenvalue weighted by Crippen LogP contribution is -2.29. The Morgan fingerprint density at radius 1 is 1.24 bits per heavy atom. The van der Waals surface area contributed by atoms with E-state index in [4.69, 9.17) is 0 Å². The monoisotopic (exact) mass is 474 g/mol. The molecule has 1 atom stereocenters. The largest absolute Gasteiger partial charge is 0.390 e. The first-order valence-electron chi connectivity index (χ1n) is 8.46. The average molecular weight is 476 g/mol. The molecule has 25 heavy (non-hydrogen) atoms. The van der Waals surface area contributed by atoms with Gasteiger partial charge in [-0.25, -0.2) is 0 Å². The third-order valence-corrected chi connectivity index (χ3v) is 4.00. The Bertz CT molecular complexity index is 636. The normalized spacial score (nSPS) is 11.9. The SMILES string of the molecule is C/C=C\CC.CBr.Cc1cc2cc(Br)ccc2n1CC(O)CN(C)C. The molecule has 0 saturated heterocycles. The van der Waals surface area contributed by atoms with Crippen molar-refractivity contribution in [2.24, 2.45) is 0 Å². The number of aliphatic hydroxyl groups is 1. The molecule has 0 bridgehead atoms. The van der Waals surface area contributed by atoms with Gasteiger partial charge < -0.3 is 14.6 Å². The van der Waals surface area contributed by atoms with Crippen LogP contribution in [0.2, 0.25) is 0 Å². The molecule has 2 aromatic rings. The molecule has 1 aromatic heterocycles. The zero-order valence-electron chi connectivity index (χ0n) is 16.3. The number of nitrogens with zero attached hydrogens (tertiary/aromatic N) is 2. The third-order valence-electron chi connectivity index (χ3n) is 3.51. The van der Waals surface area contributed by atoms with E-state index in [0.717, 1.165) is 10.9 Å². The summed E-state index contributed by atoms with van der Waals surface area (Å²) in [6.45, 7) is 7.55. The summed E-state index contributed by atoms with van der Waals surface area (Å²) in [5.74, 6) is 1.81. The number of halogens is 2.